The Balaban J connectivity index is 1.89. The van der Waals surface area contributed by atoms with Crippen molar-refractivity contribution in [3.63, 3.8) is 0 Å². The highest BCUT2D eigenvalue weighted by Gasteiger charge is 2.30. The van der Waals surface area contributed by atoms with E-state index in [1.807, 2.05) is 79.7 Å². The Kier molecular flexibility index (Phi) is 10.8. The van der Waals surface area contributed by atoms with Crippen LogP contribution in [0, 0.1) is 12.8 Å². The molecule has 0 radical (unpaired) electrons. The zero-order valence-electron chi connectivity index (χ0n) is 22.2. The van der Waals surface area contributed by atoms with Crippen LogP contribution in [-0.2, 0) is 29.0 Å². The maximum absolute atomic E-state index is 13.7. The number of benzene rings is 3. The van der Waals surface area contributed by atoms with E-state index in [1.165, 1.54) is 5.56 Å². The summed E-state index contributed by atoms with van der Waals surface area (Å²) < 4.78 is 6.75. The molecule has 0 fully saturated rings. The molecule has 3 aromatic rings. The molecule has 37 heavy (non-hydrogen) atoms. The zero-order chi connectivity index (χ0) is 26.8. The average molecular weight is 566 g/mol. The fraction of sp³-hybridized carbons (Fsp3) is 0.355. The summed E-state index contributed by atoms with van der Waals surface area (Å²) in [6.07, 6.45) is 1.33. The van der Waals surface area contributed by atoms with Gasteiger partial charge in [0.1, 0.15) is 11.8 Å². The number of amides is 2. The van der Waals surface area contributed by atoms with Gasteiger partial charge in [-0.3, -0.25) is 9.59 Å². The molecule has 6 heteroatoms. The molecule has 1 unspecified atom stereocenters. The van der Waals surface area contributed by atoms with Crippen LogP contribution in [0.5, 0.6) is 5.75 Å². The van der Waals surface area contributed by atoms with E-state index in [0.29, 0.717) is 31.2 Å². The number of nitrogens with one attached hydrogen (secondary N) is 1. The lowest BCUT2D eigenvalue weighted by Crippen LogP contribution is -2.52. The zero-order valence-corrected chi connectivity index (χ0v) is 23.8. The third-order valence-electron chi connectivity index (χ3n) is 6.18. The van der Waals surface area contributed by atoms with E-state index in [0.717, 1.165) is 27.6 Å². The summed E-state index contributed by atoms with van der Waals surface area (Å²) in [6.45, 7) is 8.91. The number of carbonyl (C=O) groups excluding carboxylic acids is 2. The van der Waals surface area contributed by atoms with Crippen molar-refractivity contribution in [2.75, 3.05) is 13.2 Å². The number of hydrogen-bond donors (Lipinski definition) is 1. The van der Waals surface area contributed by atoms with Crippen LogP contribution >= 0.6 is 15.9 Å². The molecule has 3 rings (SSSR count). The summed E-state index contributed by atoms with van der Waals surface area (Å²) in [7, 11) is 0. The normalized spacial score (nSPS) is 11.7. The maximum Gasteiger partial charge on any atom is 0.261 e. The lowest BCUT2D eigenvalue weighted by molar-refractivity contribution is -0.142. The van der Waals surface area contributed by atoms with E-state index in [9.17, 15) is 9.59 Å². The standard InChI is InChI=1S/C31H37BrN2O3/c1-5-24-15-16-29(27(32)17-24)37-21-30(35)34(20-26-13-11-23(4)12-14-26)28(31(36)33-19-22(2)3)18-25-9-7-6-8-10-25/h6-17,22,28H,5,18-21H2,1-4H3,(H,33,36). The fourth-order valence-electron chi connectivity index (χ4n) is 3.97. The van der Waals surface area contributed by atoms with Gasteiger partial charge in [-0.05, 0) is 64.0 Å². The monoisotopic (exact) mass is 564 g/mol. The Morgan fingerprint density at radius 2 is 1.62 bits per heavy atom. The van der Waals surface area contributed by atoms with Crippen molar-refractivity contribution in [3.8, 4) is 5.75 Å². The van der Waals surface area contributed by atoms with E-state index in [4.69, 9.17) is 4.74 Å². The van der Waals surface area contributed by atoms with Crippen molar-refractivity contribution in [2.24, 2.45) is 5.92 Å². The molecule has 0 bridgehead atoms. The molecule has 1 atom stereocenters. The largest absolute Gasteiger partial charge is 0.483 e. The molecule has 0 saturated heterocycles. The summed E-state index contributed by atoms with van der Waals surface area (Å²) in [6, 6.07) is 23.1. The second-order valence-electron chi connectivity index (χ2n) is 9.76. The molecule has 0 aliphatic carbocycles. The van der Waals surface area contributed by atoms with Gasteiger partial charge in [0.05, 0.1) is 4.47 Å². The smallest absolute Gasteiger partial charge is 0.261 e. The summed E-state index contributed by atoms with van der Waals surface area (Å²) in [4.78, 5) is 28.8. The Labute approximate surface area is 229 Å². The van der Waals surface area contributed by atoms with Crippen LogP contribution in [0.3, 0.4) is 0 Å². The van der Waals surface area contributed by atoms with Gasteiger partial charge >= 0.3 is 0 Å². The van der Waals surface area contributed by atoms with Crippen molar-refractivity contribution in [2.45, 2.75) is 53.1 Å². The second kappa shape index (κ2) is 14.0. The van der Waals surface area contributed by atoms with E-state index in [2.05, 4.69) is 42.0 Å². The highest BCUT2D eigenvalue weighted by Crippen LogP contribution is 2.26. The van der Waals surface area contributed by atoms with Crippen LogP contribution < -0.4 is 10.1 Å². The molecule has 0 heterocycles. The molecule has 0 spiro atoms. The Bertz CT molecular complexity index is 1160. The van der Waals surface area contributed by atoms with Crippen LogP contribution in [0.15, 0.2) is 77.3 Å². The fourth-order valence-corrected chi connectivity index (χ4v) is 4.51. The minimum atomic E-state index is -0.676. The molecular formula is C31H37BrN2O3. The molecule has 0 aromatic heterocycles. The average Bonchev–Trinajstić information content (AvgIpc) is 2.90. The first-order valence-electron chi connectivity index (χ1n) is 12.8. The van der Waals surface area contributed by atoms with Gasteiger partial charge in [0.2, 0.25) is 5.91 Å². The third-order valence-corrected chi connectivity index (χ3v) is 6.80. The first-order valence-corrected chi connectivity index (χ1v) is 13.6. The van der Waals surface area contributed by atoms with Gasteiger partial charge < -0.3 is 15.0 Å². The maximum atomic E-state index is 13.7. The topological polar surface area (TPSA) is 58.6 Å². The number of hydrogen-bond acceptors (Lipinski definition) is 3. The number of nitrogens with zero attached hydrogens (tertiary/aromatic N) is 1. The summed E-state index contributed by atoms with van der Waals surface area (Å²) >= 11 is 3.55. The molecule has 1 N–H and O–H groups in total. The first-order chi connectivity index (χ1) is 17.8. The van der Waals surface area contributed by atoms with E-state index >= 15 is 0 Å². The Morgan fingerprint density at radius 1 is 0.946 bits per heavy atom. The Morgan fingerprint density at radius 3 is 2.24 bits per heavy atom. The second-order valence-corrected chi connectivity index (χ2v) is 10.6. The lowest BCUT2D eigenvalue weighted by atomic mass is 10.0. The lowest BCUT2D eigenvalue weighted by Gasteiger charge is -2.32. The Hall–Kier alpha value is -3.12. The summed E-state index contributed by atoms with van der Waals surface area (Å²) in [5.74, 6) is 0.498. The molecule has 196 valence electrons. The van der Waals surface area contributed by atoms with E-state index in [1.54, 1.807) is 4.90 Å². The molecule has 2 amide bonds. The number of carbonyl (C=O) groups is 2. The number of aryl methyl sites for hydroxylation is 2. The predicted octanol–water partition coefficient (Wildman–Crippen LogP) is 6.11. The summed E-state index contributed by atoms with van der Waals surface area (Å²) in [5, 5.41) is 3.05. The van der Waals surface area contributed by atoms with E-state index < -0.39 is 6.04 Å². The number of ether oxygens (including phenoxy) is 1. The minimum Gasteiger partial charge on any atom is -0.483 e. The van der Waals surface area contributed by atoms with Gasteiger partial charge in [-0.25, -0.2) is 0 Å². The van der Waals surface area contributed by atoms with Crippen LogP contribution in [0.4, 0.5) is 0 Å². The van der Waals surface area contributed by atoms with Crippen molar-refractivity contribution in [1.29, 1.82) is 0 Å². The SMILES string of the molecule is CCc1ccc(OCC(=O)N(Cc2ccc(C)cc2)C(Cc2ccccc2)C(=O)NCC(C)C)c(Br)c1. The van der Waals surface area contributed by atoms with Crippen molar-refractivity contribution < 1.29 is 14.3 Å². The molecule has 5 nitrogen and oxygen atoms in total. The van der Waals surface area contributed by atoms with E-state index in [-0.39, 0.29) is 18.4 Å². The van der Waals surface area contributed by atoms with Crippen molar-refractivity contribution in [3.05, 3.63) is 99.5 Å². The van der Waals surface area contributed by atoms with Crippen molar-refractivity contribution >= 4 is 27.7 Å². The minimum absolute atomic E-state index is 0.161. The number of rotatable bonds is 12. The highest BCUT2D eigenvalue weighted by atomic mass is 79.9. The van der Waals surface area contributed by atoms with Gasteiger partial charge in [-0.2, -0.15) is 0 Å². The van der Waals surface area contributed by atoms with Crippen LogP contribution in [0.1, 0.15) is 43.0 Å². The quantitative estimate of drug-likeness (QED) is 0.288. The summed E-state index contributed by atoms with van der Waals surface area (Å²) in [5.41, 5.74) is 4.27. The van der Waals surface area contributed by atoms with Crippen LogP contribution in [-0.4, -0.2) is 35.9 Å². The molecule has 0 aliphatic rings. The van der Waals surface area contributed by atoms with Gasteiger partial charge in [-0.15, -0.1) is 0 Å². The third kappa shape index (κ3) is 8.74. The van der Waals surface area contributed by atoms with Gasteiger partial charge in [0, 0.05) is 19.5 Å². The molecule has 0 aliphatic heterocycles. The van der Waals surface area contributed by atoms with Crippen molar-refractivity contribution in [1.82, 2.24) is 10.2 Å². The van der Waals surface area contributed by atoms with Gasteiger partial charge in [0.15, 0.2) is 6.61 Å². The molecule has 0 saturated carbocycles. The highest BCUT2D eigenvalue weighted by molar-refractivity contribution is 9.10. The van der Waals surface area contributed by atoms with Gasteiger partial charge in [0.25, 0.3) is 5.91 Å². The van der Waals surface area contributed by atoms with Gasteiger partial charge in [-0.1, -0.05) is 87.0 Å². The number of halogens is 1. The molecule has 3 aromatic carbocycles. The predicted molar refractivity (Wildman–Crippen MR) is 153 cm³/mol. The first kappa shape index (κ1) is 28.5. The van der Waals surface area contributed by atoms with Crippen LogP contribution in [0.2, 0.25) is 0 Å². The molecular weight excluding hydrogens is 528 g/mol. The van der Waals surface area contributed by atoms with Crippen LogP contribution in [0.25, 0.3) is 0 Å².